The third-order valence-electron chi connectivity index (χ3n) is 4.60. The van der Waals surface area contributed by atoms with E-state index in [1.165, 1.54) is 0 Å². The molecule has 1 aliphatic rings. The highest BCUT2D eigenvalue weighted by atomic mass is 16.6. The van der Waals surface area contributed by atoms with E-state index in [1.807, 2.05) is 54.6 Å². The summed E-state index contributed by atoms with van der Waals surface area (Å²) in [5.74, 6) is 2.84. The van der Waals surface area contributed by atoms with Crippen molar-refractivity contribution >= 4 is 17.5 Å². The fourth-order valence-corrected chi connectivity index (χ4v) is 2.92. The number of nitrogens with one attached hydrogen (secondary N) is 2. The topological polar surface area (TPSA) is 68.3 Å². The van der Waals surface area contributed by atoms with Crippen molar-refractivity contribution in [3.63, 3.8) is 0 Å². The van der Waals surface area contributed by atoms with E-state index in [9.17, 15) is 0 Å². The summed E-state index contributed by atoms with van der Waals surface area (Å²) in [5.41, 5.74) is 2.79. The molecule has 0 aliphatic carbocycles. The zero-order valence-electron chi connectivity index (χ0n) is 16.1. The summed E-state index contributed by atoms with van der Waals surface area (Å²) < 4.78 is 11.3. The molecule has 0 saturated carbocycles. The van der Waals surface area contributed by atoms with Crippen molar-refractivity contribution in [2.45, 2.75) is 26.3 Å². The van der Waals surface area contributed by atoms with Crippen molar-refractivity contribution in [1.29, 1.82) is 0 Å². The van der Waals surface area contributed by atoms with E-state index in [1.54, 1.807) is 0 Å². The fraction of sp³-hybridized carbons (Fsp3) is 0.273. The molecular formula is C22H24N4O2. The smallest absolute Gasteiger partial charge is 0.225 e. The lowest BCUT2D eigenvalue weighted by Crippen LogP contribution is -2.16. The molecule has 1 unspecified atom stereocenters. The van der Waals surface area contributed by atoms with Gasteiger partial charge in [0.1, 0.15) is 19.0 Å². The summed E-state index contributed by atoms with van der Waals surface area (Å²) in [6.07, 6.45) is 0.990. The Kier molecular flexibility index (Phi) is 5.28. The maximum absolute atomic E-state index is 5.68. The van der Waals surface area contributed by atoms with Gasteiger partial charge in [-0.1, -0.05) is 37.3 Å². The molecule has 1 atom stereocenters. The highest BCUT2D eigenvalue weighted by molar-refractivity contribution is 5.68. The van der Waals surface area contributed by atoms with Gasteiger partial charge in [0.15, 0.2) is 11.5 Å². The number of hydrogen-bond acceptors (Lipinski definition) is 6. The van der Waals surface area contributed by atoms with Crippen molar-refractivity contribution < 1.29 is 9.47 Å². The van der Waals surface area contributed by atoms with Crippen molar-refractivity contribution in [2.24, 2.45) is 0 Å². The van der Waals surface area contributed by atoms with Crippen LogP contribution in [0.4, 0.5) is 17.5 Å². The van der Waals surface area contributed by atoms with Gasteiger partial charge in [-0.3, -0.25) is 0 Å². The molecule has 0 amide bonds. The van der Waals surface area contributed by atoms with E-state index < -0.39 is 0 Å². The molecule has 2 heterocycles. The largest absolute Gasteiger partial charge is 0.486 e. The van der Waals surface area contributed by atoms with Crippen LogP contribution in [0.5, 0.6) is 11.5 Å². The standard InChI is InChI=1S/C22H24N4O2/c1-3-15(2)23-22-25-18(16-7-5-4-6-8-16)14-21(26-22)24-17-9-10-19-20(13-17)28-12-11-27-19/h4-10,13-15H,3,11-12H2,1-2H3,(H2,23,24,25,26). The van der Waals surface area contributed by atoms with E-state index >= 15 is 0 Å². The summed E-state index contributed by atoms with van der Waals surface area (Å²) in [5, 5.41) is 6.74. The molecule has 3 aromatic rings. The van der Waals surface area contributed by atoms with Crippen molar-refractivity contribution in [3.8, 4) is 22.8 Å². The average Bonchev–Trinajstić information content (AvgIpc) is 2.74. The second kappa shape index (κ2) is 8.17. The van der Waals surface area contributed by atoms with Gasteiger partial charge in [0.2, 0.25) is 5.95 Å². The van der Waals surface area contributed by atoms with Crippen molar-refractivity contribution in [1.82, 2.24) is 9.97 Å². The van der Waals surface area contributed by atoms with Crippen LogP contribution in [0.15, 0.2) is 54.6 Å². The fourth-order valence-electron chi connectivity index (χ4n) is 2.92. The Morgan fingerprint density at radius 3 is 2.54 bits per heavy atom. The molecule has 28 heavy (non-hydrogen) atoms. The third kappa shape index (κ3) is 4.17. The Morgan fingerprint density at radius 1 is 0.964 bits per heavy atom. The van der Waals surface area contributed by atoms with Crippen LogP contribution in [0.1, 0.15) is 20.3 Å². The molecule has 4 rings (SSSR count). The highest BCUT2D eigenvalue weighted by Gasteiger charge is 2.13. The maximum atomic E-state index is 5.68. The Bertz CT molecular complexity index is 947. The number of ether oxygens (including phenoxy) is 2. The Morgan fingerprint density at radius 2 is 1.75 bits per heavy atom. The van der Waals surface area contributed by atoms with Gasteiger partial charge in [-0.2, -0.15) is 4.98 Å². The summed E-state index contributed by atoms with van der Waals surface area (Å²) in [7, 11) is 0. The van der Waals surface area contributed by atoms with Crippen LogP contribution in [0.25, 0.3) is 11.3 Å². The van der Waals surface area contributed by atoms with Crippen LogP contribution in [0.3, 0.4) is 0 Å². The van der Waals surface area contributed by atoms with Gasteiger partial charge in [0.05, 0.1) is 5.69 Å². The van der Waals surface area contributed by atoms with Crippen LogP contribution >= 0.6 is 0 Å². The van der Waals surface area contributed by atoms with Crippen molar-refractivity contribution in [3.05, 3.63) is 54.6 Å². The van der Waals surface area contributed by atoms with E-state index in [-0.39, 0.29) is 6.04 Å². The molecule has 1 aromatic heterocycles. The lowest BCUT2D eigenvalue weighted by Gasteiger charge is -2.19. The van der Waals surface area contributed by atoms with Crippen LogP contribution in [-0.2, 0) is 0 Å². The van der Waals surface area contributed by atoms with Crippen LogP contribution in [0, 0.1) is 0 Å². The number of rotatable bonds is 6. The number of hydrogen-bond donors (Lipinski definition) is 2. The first-order chi connectivity index (χ1) is 13.7. The number of fused-ring (bicyclic) bond motifs is 1. The van der Waals surface area contributed by atoms with Gasteiger partial charge in [-0.15, -0.1) is 0 Å². The average molecular weight is 376 g/mol. The Balaban J connectivity index is 1.66. The van der Waals surface area contributed by atoms with Gasteiger partial charge >= 0.3 is 0 Å². The van der Waals surface area contributed by atoms with Gasteiger partial charge in [-0.25, -0.2) is 4.98 Å². The van der Waals surface area contributed by atoms with Crippen LogP contribution < -0.4 is 20.1 Å². The maximum Gasteiger partial charge on any atom is 0.225 e. The van der Waals surface area contributed by atoms with E-state index in [0.29, 0.717) is 19.2 Å². The van der Waals surface area contributed by atoms with Crippen LogP contribution in [0.2, 0.25) is 0 Å². The SMILES string of the molecule is CCC(C)Nc1nc(Nc2ccc3c(c2)OCCO3)cc(-c2ccccc2)n1. The van der Waals surface area contributed by atoms with Gasteiger partial charge in [0.25, 0.3) is 0 Å². The summed E-state index contributed by atoms with van der Waals surface area (Å²) >= 11 is 0. The zero-order chi connectivity index (χ0) is 19.3. The first kappa shape index (κ1) is 18.1. The quantitative estimate of drug-likeness (QED) is 0.640. The van der Waals surface area contributed by atoms with Gasteiger partial charge in [-0.05, 0) is 25.5 Å². The normalized spacial score (nSPS) is 13.6. The molecular weight excluding hydrogens is 352 g/mol. The molecule has 0 spiro atoms. The molecule has 0 radical (unpaired) electrons. The summed E-state index contributed by atoms with van der Waals surface area (Å²) in [6, 6.07) is 18.1. The molecule has 0 saturated heterocycles. The molecule has 6 heteroatoms. The van der Waals surface area contributed by atoms with E-state index in [0.717, 1.165) is 40.7 Å². The number of aromatic nitrogens is 2. The second-order valence-electron chi connectivity index (χ2n) is 6.77. The Hall–Kier alpha value is -3.28. The number of nitrogens with zero attached hydrogens (tertiary/aromatic N) is 2. The highest BCUT2D eigenvalue weighted by Crippen LogP contribution is 2.34. The first-order valence-electron chi connectivity index (χ1n) is 9.59. The van der Waals surface area contributed by atoms with Gasteiger partial charge in [0, 0.05) is 29.4 Å². The summed E-state index contributed by atoms with van der Waals surface area (Å²) in [4.78, 5) is 9.35. The lowest BCUT2D eigenvalue weighted by atomic mass is 10.1. The predicted octanol–water partition coefficient (Wildman–Crippen LogP) is 4.87. The minimum atomic E-state index is 0.285. The van der Waals surface area contributed by atoms with E-state index in [4.69, 9.17) is 14.5 Å². The van der Waals surface area contributed by atoms with Gasteiger partial charge < -0.3 is 20.1 Å². The molecule has 0 fully saturated rings. The number of anilines is 3. The predicted molar refractivity (Wildman–Crippen MR) is 112 cm³/mol. The monoisotopic (exact) mass is 376 g/mol. The molecule has 2 N–H and O–H groups in total. The van der Waals surface area contributed by atoms with Crippen molar-refractivity contribution in [2.75, 3.05) is 23.8 Å². The molecule has 144 valence electrons. The second-order valence-corrected chi connectivity index (χ2v) is 6.77. The summed E-state index contributed by atoms with van der Waals surface area (Å²) in [6.45, 7) is 5.39. The Labute approximate surface area is 164 Å². The number of benzene rings is 2. The first-order valence-corrected chi connectivity index (χ1v) is 9.59. The third-order valence-corrected chi connectivity index (χ3v) is 4.60. The molecule has 2 aromatic carbocycles. The minimum Gasteiger partial charge on any atom is -0.486 e. The molecule has 1 aliphatic heterocycles. The lowest BCUT2D eigenvalue weighted by molar-refractivity contribution is 0.171. The van der Waals surface area contributed by atoms with Crippen LogP contribution in [-0.4, -0.2) is 29.2 Å². The molecule has 6 nitrogen and oxygen atoms in total. The molecule has 0 bridgehead atoms. The zero-order valence-corrected chi connectivity index (χ0v) is 16.1. The van der Waals surface area contributed by atoms with E-state index in [2.05, 4.69) is 29.5 Å². The minimum absolute atomic E-state index is 0.285.